The van der Waals surface area contributed by atoms with Crippen LogP contribution in [0.5, 0.6) is 0 Å². The molecule has 0 saturated carbocycles. The molecule has 1 amide bonds. The van der Waals surface area contributed by atoms with Crippen LogP contribution in [0.25, 0.3) is 0 Å². The molecule has 28 heavy (non-hydrogen) atoms. The number of nitrogens with one attached hydrogen (secondary N) is 1. The molecule has 0 fully saturated rings. The third kappa shape index (κ3) is 4.26. The molecule has 2 aromatic carbocycles. The number of carbonyl (C=O) groups is 1. The van der Waals surface area contributed by atoms with Gasteiger partial charge in [-0.15, -0.1) is 15.3 Å². The summed E-state index contributed by atoms with van der Waals surface area (Å²) in [5.74, 6) is -0.274. The van der Waals surface area contributed by atoms with E-state index < -0.39 is 6.04 Å². The van der Waals surface area contributed by atoms with Crippen LogP contribution in [0.1, 0.15) is 22.2 Å². The Morgan fingerprint density at radius 1 is 1.00 bits per heavy atom. The molecule has 2 aromatic heterocycles. The summed E-state index contributed by atoms with van der Waals surface area (Å²) < 4.78 is 1.42. The first kappa shape index (κ1) is 17.9. The molecule has 0 aliphatic carbocycles. The van der Waals surface area contributed by atoms with Crippen LogP contribution in [0, 0.1) is 0 Å². The van der Waals surface area contributed by atoms with E-state index in [0.29, 0.717) is 5.13 Å². The van der Waals surface area contributed by atoms with Gasteiger partial charge >= 0.3 is 0 Å². The van der Waals surface area contributed by atoms with Gasteiger partial charge in [-0.25, -0.2) is 4.68 Å². The van der Waals surface area contributed by atoms with Crippen molar-refractivity contribution >= 4 is 22.4 Å². The van der Waals surface area contributed by atoms with Crippen molar-refractivity contribution in [2.75, 3.05) is 5.32 Å². The predicted molar refractivity (Wildman–Crippen MR) is 105 cm³/mol. The highest BCUT2D eigenvalue weighted by Gasteiger charge is 2.25. The van der Waals surface area contributed by atoms with Crippen LogP contribution >= 0.6 is 11.3 Å². The normalized spacial score (nSPS) is 11.9. The van der Waals surface area contributed by atoms with Crippen LogP contribution in [-0.4, -0.2) is 36.3 Å². The summed E-state index contributed by atoms with van der Waals surface area (Å²) in [4.78, 5) is 12.9. The largest absolute Gasteiger partial charge is 0.298 e. The van der Waals surface area contributed by atoms with E-state index in [1.165, 1.54) is 27.9 Å². The number of hydrogen-bond acceptors (Lipinski definition) is 7. The molecule has 8 nitrogen and oxygen atoms in total. The van der Waals surface area contributed by atoms with Crippen LogP contribution < -0.4 is 5.32 Å². The van der Waals surface area contributed by atoms with Crippen molar-refractivity contribution in [2.45, 2.75) is 18.9 Å². The van der Waals surface area contributed by atoms with Gasteiger partial charge in [-0.2, -0.15) is 0 Å². The Bertz CT molecular complexity index is 1020. The molecule has 0 saturated heterocycles. The van der Waals surface area contributed by atoms with E-state index in [1.54, 1.807) is 0 Å². The molecule has 0 spiro atoms. The number of amides is 1. The smallest absolute Gasteiger partial charge is 0.255 e. The van der Waals surface area contributed by atoms with Crippen molar-refractivity contribution in [3.63, 3.8) is 0 Å². The number of benzene rings is 2. The number of hydrogen-bond donors (Lipinski definition) is 1. The molecule has 2 heterocycles. The van der Waals surface area contributed by atoms with E-state index in [9.17, 15) is 4.79 Å². The molecular weight excluding hydrogens is 374 g/mol. The van der Waals surface area contributed by atoms with E-state index in [-0.39, 0.29) is 5.91 Å². The van der Waals surface area contributed by atoms with E-state index in [4.69, 9.17) is 0 Å². The van der Waals surface area contributed by atoms with Crippen molar-refractivity contribution in [1.82, 2.24) is 30.4 Å². The summed E-state index contributed by atoms with van der Waals surface area (Å²) in [5.41, 5.74) is 2.02. The zero-order valence-electron chi connectivity index (χ0n) is 14.8. The minimum atomic E-state index is -0.687. The first-order valence-corrected chi connectivity index (χ1v) is 9.56. The highest BCUT2D eigenvalue weighted by Crippen LogP contribution is 2.22. The van der Waals surface area contributed by atoms with Gasteiger partial charge in [0.15, 0.2) is 6.04 Å². The number of rotatable bonds is 7. The Kier molecular flexibility index (Phi) is 5.43. The van der Waals surface area contributed by atoms with Crippen LogP contribution in [-0.2, 0) is 17.6 Å². The minimum absolute atomic E-state index is 0.274. The van der Waals surface area contributed by atoms with Crippen LogP contribution in [0.4, 0.5) is 5.13 Å². The maximum atomic E-state index is 12.9. The Morgan fingerprint density at radius 2 is 1.75 bits per heavy atom. The van der Waals surface area contributed by atoms with Gasteiger partial charge in [0.1, 0.15) is 11.3 Å². The summed E-state index contributed by atoms with van der Waals surface area (Å²) in [7, 11) is 0. The fourth-order valence-electron chi connectivity index (χ4n) is 2.82. The van der Waals surface area contributed by atoms with Crippen LogP contribution in [0.2, 0.25) is 0 Å². The standard InChI is InChI=1S/C19H17N7OS/c27-18(17(26-13-20-24-25-26)15-9-5-2-6-10-15)21-19-23-22-16(28-19)12-11-14-7-3-1-4-8-14/h1-10,13,17H,11-12H2,(H,21,23,27)/t17-/m1/s1. The van der Waals surface area contributed by atoms with Crippen molar-refractivity contribution in [3.8, 4) is 0 Å². The van der Waals surface area contributed by atoms with Gasteiger partial charge in [-0.1, -0.05) is 72.0 Å². The zero-order valence-corrected chi connectivity index (χ0v) is 15.7. The SMILES string of the molecule is O=C(Nc1nnc(CCc2ccccc2)s1)[C@@H](c1ccccc1)n1cnnn1. The zero-order chi connectivity index (χ0) is 19.2. The Hall–Kier alpha value is -3.46. The molecule has 0 radical (unpaired) electrons. The highest BCUT2D eigenvalue weighted by molar-refractivity contribution is 7.15. The molecule has 1 atom stereocenters. The van der Waals surface area contributed by atoms with Crippen molar-refractivity contribution in [1.29, 1.82) is 0 Å². The fraction of sp³-hybridized carbons (Fsp3) is 0.158. The number of aromatic nitrogens is 6. The maximum absolute atomic E-state index is 12.9. The summed E-state index contributed by atoms with van der Waals surface area (Å²) in [5, 5.41) is 23.6. The molecule has 140 valence electrons. The summed E-state index contributed by atoms with van der Waals surface area (Å²) >= 11 is 1.38. The van der Waals surface area contributed by atoms with E-state index in [0.717, 1.165) is 23.4 Å². The first-order valence-electron chi connectivity index (χ1n) is 8.74. The molecule has 0 bridgehead atoms. The monoisotopic (exact) mass is 391 g/mol. The second kappa shape index (κ2) is 8.49. The Balaban J connectivity index is 1.45. The second-order valence-corrected chi connectivity index (χ2v) is 7.14. The number of aryl methyl sites for hydroxylation is 2. The molecule has 0 aliphatic rings. The predicted octanol–water partition coefficient (Wildman–Crippen LogP) is 2.54. The highest BCUT2D eigenvalue weighted by atomic mass is 32.1. The van der Waals surface area contributed by atoms with Crippen molar-refractivity contribution < 1.29 is 4.79 Å². The molecule has 4 rings (SSSR count). The number of anilines is 1. The van der Waals surface area contributed by atoms with Gasteiger partial charge in [-0.05, 0) is 28.0 Å². The van der Waals surface area contributed by atoms with Crippen LogP contribution in [0.3, 0.4) is 0 Å². The van der Waals surface area contributed by atoms with E-state index >= 15 is 0 Å². The molecule has 0 aliphatic heterocycles. The van der Waals surface area contributed by atoms with Gasteiger partial charge in [0.25, 0.3) is 5.91 Å². The molecule has 4 aromatic rings. The lowest BCUT2D eigenvalue weighted by Crippen LogP contribution is -2.27. The van der Waals surface area contributed by atoms with Gasteiger partial charge in [0, 0.05) is 6.42 Å². The summed E-state index contributed by atoms with van der Waals surface area (Å²) in [6.07, 6.45) is 3.07. The number of tetrazole rings is 1. The maximum Gasteiger partial charge on any atom is 0.255 e. The molecular formula is C19H17N7OS. The lowest BCUT2D eigenvalue weighted by molar-refractivity contribution is -0.118. The number of nitrogens with zero attached hydrogens (tertiary/aromatic N) is 6. The van der Waals surface area contributed by atoms with E-state index in [1.807, 2.05) is 48.5 Å². The molecule has 9 heteroatoms. The van der Waals surface area contributed by atoms with E-state index in [2.05, 4.69) is 43.2 Å². The third-order valence-corrected chi connectivity index (χ3v) is 5.06. The van der Waals surface area contributed by atoms with Crippen LogP contribution in [0.15, 0.2) is 67.0 Å². The first-order chi connectivity index (χ1) is 13.8. The van der Waals surface area contributed by atoms with Crippen molar-refractivity contribution in [3.05, 3.63) is 83.1 Å². The summed E-state index contributed by atoms with van der Waals surface area (Å²) in [6, 6.07) is 18.9. The molecule has 0 unspecified atom stereocenters. The average molecular weight is 391 g/mol. The lowest BCUT2D eigenvalue weighted by Gasteiger charge is -2.15. The van der Waals surface area contributed by atoms with Gasteiger partial charge in [-0.3, -0.25) is 10.1 Å². The van der Waals surface area contributed by atoms with Gasteiger partial charge < -0.3 is 0 Å². The second-order valence-electron chi connectivity index (χ2n) is 6.08. The van der Waals surface area contributed by atoms with Gasteiger partial charge in [0.05, 0.1) is 0 Å². The quantitative estimate of drug-likeness (QED) is 0.520. The Labute approximate surface area is 165 Å². The third-order valence-electron chi connectivity index (χ3n) is 4.16. The average Bonchev–Trinajstić information content (AvgIpc) is 3.41. The minimum Gasteiger partial charge on any atom is -0.298 e. The fourth-order valence-corrected chi connectivity index (χ4v) is 3.56. The van der Waals surface area contributed by atoms with Gasteiger partial charge in [0.2, 0.25) is 5.13 Å². The Morgan fingerprint density at radius 3 is 2.46 bits per heavy atom. The van der Waals surface area contributed by atoms with Crippen molar-refractivity contribution in [2.24, 2.45) is 0 Å². The lowest BCUT2D eigenvalue weighted by atomic mass is 10.1. The topological polar surface area (TPSA) is 98.5 Å². The number of carbonyl (C=O) groups excluding carboxylic acids is 1. The summed E-state index contributed by atoms with van der Waals surface area (Å²) in [6.45, 7) is 0. The molecule has 1 N–H and O–H groups in total.